The molecule has 2 amide bonds. The van der Waals surface area contributed by atoms with Crippen molar-refractivity contribution in [1.82, 2.24) is 10.2 Å². The van der Waals surface area contributed by atoms with Gasteiger partial charge in [0.1, 0.15) is 0 Å². The van der Waals surface area contributed by atoms with Gasteiger partial charge >= 0.3 is 6.03 Å². The van der Waals surface area contributed by atoms with Crippen molar-refractivity contribution in [3.05, 3.63) is 35.4 Å². The highest BCUT2D eigenvalue weighted by Gasteiger charge is 2.43. The predicted molar refractivity (Wildman–Crippen MR) is 132 cm³/mol. The molecule has 7 nitrogen and oxygen atoms in total. The van der Waals surface area contributed by atoms with E-state index in [2.05, 4.69) is 19.2 Å². The molecule has 2 rings (SSSR count). The molecule has 3 unspecified atom stereocenters. The van der Waals surface area contributed by atoms with Gasteiger partial charge in [0.2, 0.25) is 0 Å². The molecule has 0 bridgehead atoms. The summed E-state index contributed by atoms with van der Waals surface area (Å²) in [5.74, 6) is -2.47. The third-order valence-corrected chi connectivity index (χ3v) is 6.90. The summed E-state index contributed by atoms with van der Waals surface area (Å²) in [5, 5.41) is 14.8. The van der Waals surface area contributed by atoms with Crippen LogP contribution in [0.1, 0.15) is 57.9 Å². The molecule has 1 fully saturated rings. The fraction of sp³-hybridized carbons (Fsp3) is 0.731. The zero-order valence-corrected chi connectivity index (χ0v) is 21.6. The van der Waals surface area contributed by atoms with Crippen molar-refractivity contribution >= 4 is 6.03 Å². The lowest BCUT2D eigenvalue weighted by atomic mass is 9.74. The fourth-order valence-corrected chi connectivity index (χ4v) is 5.17. The van der Waals surface area contributed by atoms with Gasteiger partial charge in [-0.1, -0.05) is 26.0 Å². The van der Waals surface area contributed by atoms with E-state index in [-0.39, 0.29) is 42.6 Å². The Morgan fingerprint density at radius 2 is 2.03 bits per heavy atom. The van der Waals surface area contributed by atoms with Gasteiger partial charge in [0.15, 0.2) is 11.6 Å². The lowest BCUT2D eigenvalue weighted by Crippen LogP contribution is -2.54. The van der Waals surface area contributed by atoms with Crippen LogP contribution in [-0.2, 0) is 15.1 Å². The van der Waals surface area contributed by atoms with E-state index in [0.717, 1.165) is 6.07 Å². The number of methoxy groups -OCH3 is 2. The maximum Gasteiger partial charge on any atom is 0.317 e. The van der Waals surface area contributed by atoms with Crippen LogP contribution >= 0.6 is 0 Å². The third-order valence-electron chi connectivity index (χ3n) is 6.90. The molecule has 0 radical (unpaired) electrons. The minimum Gasteiger partial charge on any atom is -0.385 e. The largest absolute Gasteiger partial charge is 0.385 e. The van der Waals surface area contributed by atoms with E-state index in [1.165, 1.54) is 12.1 Å². The van der Waals surface area contributed by atoms with E-state index < -0.39 is 23.2 Å². The Kier molecular flexibility index (Phi) is 11.3. The second-order valence-electron chi connectivity index (χ2n) is 10.4. The first kappa shape index (κ1) is 29.4. The number of carbonyl (C=O) groups excluding carboxylic acids is 1. The number of unbranched alkanes of at least 4 members (excludes halogenated alkanes) is 1. The normalized spacial score (nSPS) is 19.3. The number of halogens is 2. The van der Waals surface area contributed by atoms with E-state index in [0.29, 0.717) is 51.9 Å². The Morgan fingerprint density at radius 3 is 2.69 bits per heavy atom. The Balaban J connectivity index is 2.19. The number of hydrogen-bond donors (Lipinski definition) is 3. The lowest BCUT2D eigenvalue weighted by Gasteiger charge is -2.43. The second-order valence-corrected chi connectivity index (χ2v) is 10.4. The zero-order chi connectivity index (χ0) is 26.1. The van der Waals surface area contributed by atoms with Gasteiger partial charge in [-0.15, -0.1) is 0 Å². The molecular formula is C26H43F2N3O4. The Bertz CT molecular complexity index is 811. The quantitative estimate of drug-likeness (QED) is 0.359. The number of ether oxygens (including phenoxy) is 2. The monoisotopic (exact) mass is 499 g/mol. The molecule has 1 aliphatic heterocycles. The van der Waals surface area contributed by atoms with E-state index in [9.17, 15) is 18.7 Å². The van der Waals surface area contributed by atoms with Crippen LogP contribution in [0.3, 0.4) is 0 Å². The van der Waals surface area contributed by atoms with Gasteiger partial charge in [-0.3, -0.25) is 0 Å². The first-order valence-corrected chi connectivity index (χ1v) is 12.5. The number of nitrogens with zero attached hydrogens (tertiary/aromatic N) is 1. The zero-order valence-electron chi connectivity index (χ0n) is 21.6. The second kappa shape index (κ2) is 13.5. The average molecular weight is 500 g/mol. The molecule has 0 aliphatic carbocycles. The number of hydrogen-bond acceptors (Lipinski definition) is 5. The van der Waals surface area contributed by atoms with Crippen LogP contribution in [0.2, 0.25) is 0 Å². The highest BCUT2D eigenvalue weighted by Crippen LogP contribution is 2.41. The summed E-state index contributed by atoms with van der Waals surface area (Å²) in [7, 11) is 3.24. The van der Waals surface area contributed by atoms with Crippen molar-refractivity contribution in [3.63, 3.8) is 0 Å². The van der Waals surface area contributed by atoms with Gasteiger partial charge in [-0.2, -0.15) is 0 Å². The Labute approximate surface area is 208 Å². The molecule has 1 saturated heterocycles. The third kappa shape index (κ3) is 8.10. The van der Waals surface area contributed by atoms with Crippen LogP contribution in [-0.4, -0.2) is 69.1 Å². The molecule has 0 aromatic heterocycles. The minimum atomic E-state index is -1.60. The molecule has 200 valence electrons. The summed E-state index contributed by atoms with van der Waals surface area (Å²) in [5.41, 5.74) is 4.12. The molecule has 4 N–H and O–H groups in total. The topological polar surface area (TPSA) is 97.1 Å². The minimum absolute atomic E-state index is 0.0525. The lowest BCUT2D eigenvalue weighted by molar-refractivity contribution is -0.0592. The van der Waals surface area contributed by atoms with Crippen LogP contribution < -0.4 is 11.1 Å². The maximum absolute atomic E-state index is 14.8. The number of nitrogens with one attached hydrogen (secondary N) is 1. The maximum atomic E-state index is 14.8. The summed E-state index contributed by atoms with van der Waals surface area (Å²) in [6.07, 6.45) is 3.40. The number of amides is 2. The van der Waals surface area contributed by atoms with E-state index in [1.807, 2.05) is 0 Å². The average Bonchev–Trinajstić information content (AvgIpc) is 2.82. The van der Waals surface area contributed by atoms with Crippen molar-refractivity contribution in [3.8, 4) is 0 Å². The first-order chi connectivity index (χ1) is 16.6. The summed E-state index contributed by atoms with van der Waals surface area (Å²) in [4.78, 5) is 14.8. The fourth-order valence-electron chi connectivity index (χ4n) is 5.17. The number of urea groups is 1. The van der Waals surface area contributed by atoms with E-state index in [4.69, 9.17) is 15.2 Å². The van der Waals surface area contributed by atoms with Gasteiger partial charge in [0.25, 0.3) is 0 Å². The van der Waals surface area contributed by atoms with Crippen molar-refractivity contribution in [1.29, 1.82) is 0 Å². The molecule has 35 heavy (non-hydrogen) atoms. The Morgan fingerprint density at radius 1 is 1.29 bits per heavy atom. The van der Waals surface area contributed by atoms with Gasteiger partial charge in [0, 0.05) is 58.0 Å². The van der Waals surface area contributed by atoms with E-state index >= 15 is 0 Å². The molecule has 9 heteroatoms. The predicted octanol–water partition coefficient (Wildman–Crippen LogP) is 3.78. The first-order valence-electron chi connectivity index (χ1n) is 12.5. The molecular weight excluding hydrogens is 456 g/mol. The number of benzene rings is 1. The SMILES string of the molecule is COCCCCC(O)(c1cccc(F)c1F)C1CCCN(C(=O)NC(CN)CC(C)(C)COC)C1. The molecule has 3 atom stereocenters. The Hall–Kier alpha value is -1.81. The number of aliphatic hydroxyl groups is 1. The van der Waals surface area contributed by atoms with Gasteiger partial charge in [0.05, 0.1) is 12.2 Å². The van der Waals surface area contributed by atoms with Crippen LogP contribution in [0.15, 0.2) is 18.2 Å². The van der Waals surface area contributed by atoms with Gasteiger partial charge < -0.3 is 30.5 Å². The number of rotatable bonds is 13. The van der Waals surface area contributed by atoms with Gasteiger partial charge in [-0.05, 0) is 50.0 Å². The molecule has 1 heterocycles. The molecule has 0 spiro atoms. The van der Waals surface area contributed by atoms with Crippen LogP contribution in [0.4, 0.5) is 13.6 Å². The van der Waals surface area contributed by atoms with Gasteiger partial charge in [-0.25, -0.2) is 13.6 Å². The van der Waals surface area contributed by atoms with Crippen molar-refractivity contribution in [2.75, 3.05) is 47.1 Å². The summed E-state index contributed by atoms with van der Waals surface area (Å²) in [6, 6.07) is 3.40. The highest BCUT2D eigenvalue weighted by molar-refractivity contribution is 5.74. The number of piperidine rings is 1. The molecule has 1 aromatic carbocycles. The van der Waals surface area contributed by atoms with Crippen molar-refractivity contribution < 1.29 is 28.2 Å². The van der Waals surface area contributed by atoms with E-state index in [1.54, 1.807) is 19.1 Å². The molecule has 1 aliphatic rings. The summed E-state index contributed by atoms with van der Waals surface area (Å²) >= 11 is 0. The number of carbonyl (C=O) groups is 1. The molecule has 0 saturated carbocycles. The van der Waals surface area contributed by atoms with Crippen molar-refractivity contribution in [2.24, 2.45) is 17.1 Å². The highest BCUT2D eigenvalue weighted by atomic mass is 19.2. The number of nitrogens with two attached hydrogens (primary N) is 1. The van der Waals surface area contributed by atoms with Crippen LogP contribution in [0.5, 0.6) is 0 Å². The molecule has 1 aromatic rings. The summed E-state index contributed by atoms with van der Waals surface area (Å²) in [6.45, 7) is 6.21. The van der Waals surface area contributed by atoms with Crippen LogP contribution in [0.25, 0.3) is 0 Å². The number of likely N-dealkylation sites (tertiary alicyclic amines) is 1. The standard InChI is InChI=1S/C26H43F2N3O4/c1-25(2,18-35-4)15-20(16-29)30-24(32)31-13-8-9-19(17-31)26(33,12-5-6-14-34-3)21-10-7-11-22(27)23(21)28/h7,10-11,19-20,33H,5-6,8-9,12-18,29H2,1-4H3,(H,30,32). The van der Waals surface area contributed by atoms with Crippen LogP contribution in [0, 0.1) is 23.0 Å². The summed E-state index contributed by atoms with van der Waals surface area (Å²) < 4.78 is 39.3. The van der Waals surface area contributed by atoms with Crippen molar-refractivity contribution in [2.45, 2.75) is 64.0 Å². The smallest absolute Gasteiger partial charge is 0.317 e.